The molecular formula is C21H24N4O3. The van der Waals surface area contributed by atoms with E-state index in [1.54, 1.807) is 4.90 Å². The van der Waals surface area contributed by atoms with E-state index in [1.807, 2.05) is 66.2 Å². The van der Waals surface area contributed by atoms with Crippen molar-refractivity contribution in [1.82, 2.24) is 19.6 Å². The fourth-order valence-corrected chi connectivity index (χ4v) is 3.27. The molecular weight excluding hydrogens is 356 g/mol. The summed E-state index contributed by atoms with van der Waals surface area (Å²) in [6, 6.07) is 13.4. The summed E-state index contributed by atoms with van der Waals surface area (Å²) in [6.45, 7) is 4.00. The van der Waals surface area contributed by atoms with Gasteiger partial charge in [0.25, 0.3) is 0 Å². The number of aromatic nitrogens is 2. The molecule has 1 atom stereocenters. The van der Waals surface area contributed by atoms with Crippen LogP contribution >= 0.6 is 0 Å². The summed E-state index contributed by atoms with van der Waals surface area (Å²) < 4.78 is 13.7. The van der Waals surface area contributed by atoms with Gasteiger partial charge in [-0.25, -0.2) is 9.78 Å². The van der Waals surface area contributed by atoms with Crippen molar-refractivity contribution in [3.05, 3.63) is 60.6 Å². The largest absolute Gasteiger partial charge is 0.486 e. The Kier molecular flexibility index (Phi) is 5.32. The second-order valence-electron chi connectivity index (χ2n) is 6.72. The van der Waals surface area contributed by atoms with Crippen LogP contribution < -0.4 is 14.8 Å². The topological polar surface area (TPSA) is 68.1 Å². The van der Waals surface area contributed by atoms with E-state index in [-0.39, 0.29) is 12.1 Å². The summed E-state index contributed by atoms with van der Waals surface area (Å²) in [5.41, 5.74) is 1.86. The van der Waals surface area contributed by atoms with Gasteiger partial charge in [0, 0.05) is 31.9 Å². The first-order valence-electron chi connectivity index (χ1n) is 9.57. The summed E-state index contributed by atoms with van der Waals surface area (Å²) in [7, 11) is 0. The molecule has 0 bridgehead atoms. The number of hydrogen-bond donors (Lipinski definition) is 1. The quantitative estimate of drug-likeness (QED) is 0.714. The Bertz CT molecular complexity index is 922. The number of para-hydroxylation sites is 2. The molecule has 2 aromatic heterocycles. The van der Waals surface area contributed by atoms with Gasteiger partial charge in [-0.15, -0.1) is 0 Å². The Morgan fingerprint density at radius 3 is 2.89 bits per heavy atom. The monoisotopic (exact) mass is 380 g/mol. The number of nitrogens with zero attached hydrogens (tertiary/aromatic N) is 3. The molecule has 1 unspecified atom stereocenters. The van der Waals surface area contributed by atoms with Gasteiger partial charge in [-0.3, -0.25) is 0 Å². The normalized spacial score (nSPS) is 15.4. The molecule has 2 amide bonds. The van der Waals surface area contributed by atoms with Crippen LogP contribution in [0.15, 0.2) is 54.9 Å². The minimum atomic E-state index is -0.181. The number of carbonyl (C=O) groups excluding carboxylic acids is 1. The summed E-state index contributed by atoms with van der Waals surface area (Å²) in [5, 5.41) is 2.98. The number of rotatable bonds is 6. The van der Waals surface area contributed by atoms with E-state index in [1.165, 1.54) is 0 Å². The Labute approximate surface area is 163 Å². The highest BCUT2D eigenvalue weighted by atomic mass is 16.6. The molecule has 1 aliphatic heterocycles. The average Bonchev–Trinajstić information content (AvgIpc) is 3.14. The maximum absolute atomic E-state index is 12.5. The van der Waals surface area contributed by atoms with Crippen molar-refractivity contribution in [2.45, 2.75) is 19.4 Å². The van der Waals surface area contributed by atoms with Crippen molar-refractivity contribution < 1.29 is 14.3 Å². The highest BCUT2D eigenvalue weighted by Crippen LogP contribution is 2.30. The fourth-order valence-electron chi connectivity index (χ4n) is 3.27. The molecule has 7 heteroatoms. The third-order valence-corrected chi connectivity index (χ3v) is 4.73. The number of likely N-dealkylation sites (N-methyl/N-ethyl adjacent to an activating group) is 1. The summed E-state index contributed by atoms with van der Waals surface area (Å²) in [4.78, 5) is 18.8. The molecule has 0 aliphatic carbocycles. The maximum atomic E-state index is 12.5. The van der Waals surface area contributed by atoms with Gasteiger partial charge in [0.2, 0.25) is 0 Å². The van der Waals surface area contributed by atoms with Crippen molar-refractivity contribution in [3.8, 4) is 11.5 Å². The Hall–Kier alpha value is -3.22. The molecule has 146 valence electrons. The van der Waals surface area contributed by atoms with E-state index >= 15 is 0 Å². The molecule has 3 aromatic rings. The Balaban J connectivity index is 1.28. The molecule has 0 radical (unpaired) electrons. The Morgan fingerprint density at radius 2 is 2.07 bits per heavy atom. The number of hydrogen-bond acceptors (Lipinski definition) is 4. The zero-order valence-electron chi connectivity index (χ0n) is 15.9. The lowest BCUT2D eigenvalue weighted by molar-refractivity contribution is 0.0676. The molecule has 0 spiro atoms. The van der Waals surface area contributed by atoms with Gasteiger partial charge < -0.3 is 24.1 Å². The molecule has 28 heavy (non-hydrogen) atoms. The standard InChI is InChI=1S/C21H24N4O3/c1-2-24(14-17-15-27-18-7-3-4-8-19(18)28-17)21(26)22-11-10-16-13-25-12-6-5-9-20(25)23-16/h3-9,12-13,17H,2,10-11,14-15H2,1H3,(H,22,26). The van der Waals surface area contributed by atoms with Gasteiger partial charge >= 0.3 is 6.03 Å². The van der Waals surface area contributed by atoms with Crippen molar-refractivity contribution in [3.63, 3.8) is 0 Å². The molecule has 7 nitrogen and oxygen atoms in total. The van der Waals surface area contributed by atoms with E-state index in [0.717, 1.165) is 22.8 Å². The van der Waals surface area contributed by atoms with Gasteiger partial charge in [0.05, 0.1) is 12.2 Å². The molecule has 1 aromatic carbocycles. The maximum Gasteiger partial charge on any atom is 0.317 e. The predicted molar refractivity (Wildman–Crippen MR) is 106 cm³/mol. The average molecular weight is 380 g/mol. The smallest absolute Gasteiger partial charge is 0.317 e. The second kappa shape index (κ2) is 8.21. The van der Waals surface area contributed by atoms with Crippen molar-refractivity contribution in [1.29, 1.82) is 0 Å². The third kappa shape index (κ3) is 4.03. The minimum Gasteiger partial charge on any atom is -0.486 e. The van der Waals surface area contributed by atoms with E-state index in [2.05, 4.69) is 10.3 Å². The lowest BCUT2D eigenvalue weighted by Gasteiger charge is -2.30. The van der Waals surface area contributed by atoms with Crippen molar-refractivity contribution in [2.24, 2.45) is 0 Å². The van der Waals surface area contributed by atoms with Crippen LogP contribution in [0.4, 0.5) is 4.79 Å². The zero-order chi connectivity index (χ0) is 19.3. The summed E-state index contributed by atoms with van der Waals surface area (Å²) in [5.74, 6) is 1.47. The number of pyridine rings is 1. The zero-order valence-corrected chi connectivity index (χ0v) is 15.9. The van der Waals surface area contributed by atoms with Crippen LogP contribution in [0.5, 0.6) is 11.5 Å². The van der Waals surface area contributed by atoms with Crippen LogP contribution in [0, 0.1) is 0 Å². The third-order valence-electron chi connectivity index (χ3n) is 4.73. The number of ether oxygens (including phenoxy) is 2. The van der Waals surface area contributed by atoms with Gasteiger partial charge in [-0.1, -0.05) is 18.2 Å². The summed E-state index contributed by atoms with van der Waals surface area (Å²) >= 11 is 0. The van der Waals surface area contributed by atoms with E-state index in [9.17, 15) is 4.79 Å². The number of benzene rings is 1. The number of nitrogens with one attached hydrogen (secondary N) is 1. The van der Waals surface area contributed by atoms with E-state index in [4.69, 9.17) is 9.47 Å². The van der Waals surface area contributed by atoms with Crippen LogP contribution in [-0.4, -0.2) is 52.7 Å². The first-order valence-corrected chi connectivity index (χ1v) is 9.57. The van der Waals surface area contributed by atoms with Crippen LogP contribution in [0.3, 0.4) is 0 Å². The number of fused-ring (bicyclic) bond motifs is 2. The van der Waals surface area contributed by atoms with Gasteiger partial charge in [-0.05, 0) is 31.2 Å². The molecule has 0 saturated heterocycles. The van der Waals surface area contributed by atoms with Crippen LogP contribution in [-0.2, 0) is 6.42 Å². The van der Waals surface area contributed by atoms with Crippen LogP contribution in [0.2, 0.25) is 0 Å². The van der Waals surface area contributed by atoms with Gasteiger partial charge in [-0.2, -0.15) is 0 Å². The molecule has 1 aliphatic rings. The first-order chi connectivity index (χ1) is 13.7. The molecule has 4 rings (SSSR count). The fraction of sp³-hybridized carbons (Fsp3) is 0.333. The van der Waals surface area contributed by atoms with Crippen molar-refractivity contribution >= 4 is 11.7 Å². The number of amides is 2. The van der Waals surface area contributed by atoms with Gasteiger partial charge in [0.1, 0.15) is 12.3 Å². The number of urea groups is 1. The van der Waals surface area contributed by atoms with Gasteiger partial charge in [0.15, 0.2) is 17.6 Å². The van der Waals surface area contributed by atoms with E-state index in [0.29, 0.717) is 32.7 Å². The van der Waals surface area contributed by atoms with Crippen LogP contribution in [0.25, 0.3) is 5.65 Å². The SMILES string of the molecule is CCN(CC1COc2ccccc2O1)C(=O)NCCc1cn2ccccc2n1. The molecule has 3 heterocycles. The second-order valence-corrected chi connectivity index (χ2v) is 6.72. The molecule has 0 fully saturated rings. The van der Waals surface area contributed by atoms with E-state index < -0.39 is 0 Å². The van der Waals surface area contributed by atoms with Crippen LogP contribution in [0.1, 0.15) is 12.6 Å². The molecule has 1 N–H and O–H groups in total. The lowest BCUT2D eigenvalue weighted by Crippen LogP contribution is -2.47. The number of imidazole rings is 1. The summed E-state index contributed by atoms with van der Waals surface area (Å²) in [6.07, 6.45) is 4.46. The first kappa shape index (κ1) is 18.2. The lowest BCUT2D eigenvalue weighted by atomic mass is 10.2. The number of carbonyl (C=O) groups is 1. The minimum absolute atomic E-state index is 0.103. The predicted octanol–water partition coefficient (Wildman–Crippen LogP) is 2.75. The highest BCUT2D eigenvalue weighted by molar-refractivity contribution is 5.74. The highest BCUT2D eigenvalue weighted by Gasteiger charge is 2.24. The molecule has 0 saturated carbocycles. The Morgan fingerprint density at radius 1 is 1.25 bits per heavy atom. The van der Waals surface area contributed by atoms with Crippen molar-refractivity contribution in [2.75, 3.05) is 26.2 Å².